The summed E-state index contributed by atoms with van der Waals surface area (Å²) in [5.41, 5.74) is 0.413. The van der Waals surface area contributed by atoms with Crippen LogP contribution in [0.25, 0.3) is 10.9 Å². The number of fused-ring (bicyclic) bond motifs is 1. The second-order valence-electron chi connectivity index (χ2n) is 9.25. The molecule has 0 aliphatic carbocycles. The molecule has 4 rings (SSSR count). The van der Waals surface area contributed by atoms with Crippen LogP contribution in [0.3, 0.4) is 0 Å². The number of likely N-dealkylation sites (tertiary alicyclic amines) is 1. The predicted molar refractivity (Wildman–Crippen MR) is 148 cm³/mol. The molecule has 2 amide bonds. The zero-order chi connectivity index (χ0) is 28.8. The quantitative estimate of drug-likeness (QED) is 0.196. The van der Waals surface area contributed by atoms with Gasteiger partial charge in [-0.15, -0.1) is 0 Å². The number of benzene rings is 2. The van der Waals surface area contributed by atoms with Crippen LogP contribution in [0.2, 0.25) is 5.02 Å². The molecule has 2 aromatic carbocycles. The fourth-order valence-electron chi connectivity index (χ4n) is 4.52. The van der Waals surface area contributed by atoms with Crippen LogP contribution in [-0.4, -0.2) is 59.0 Å². The minimum Gasteiger partial charge on any atom is -0.493 e. The van der Waals surface area contributed by atoms with E-state index >= 15 is 0 Å². The average molecular weight is 574 g/mol. The number of nitrogens with one attached hydrogen (secondary N) is 2. The van der Waals surface area contributed by atoms with Gasteiger partial charge in [0.05, 0.1) is 18.3 Å². The number of piperidine rings is 1. The lowest BCUT2D eigenvalue weighted by Crippen LogP contribution is -2.55. The molecule has 2 N–H and O–H groups in total. The van der Waals surface area contributed by atoms with Gasteiger partial charge in [-0.1, -0.05) is 31.5 Å². The first-order valence-corrected chi connectivity index (χ1v) is 13.3. The van der Waals surface area contributed by atoms with E-state index in [2.05, 4.69) is 27.2 Å². The average Bonchev–Trinajstić information content (AvgIpc) is 2.97. The van der Waals surface area contributed by atoms with Gasteiger partial charge in [-0.3, -0.25) is 9.59 Å². The molecule has 2 atom stereocenters. The molecule has 40 heavy (non-hydrogen) atoms. The molecule has 0 unspecified atom stereocenters. The third-order valence-electron chi connectivity index (χ3n) is 6.65. The Labute approximate surface area is 235 Å². The van der Waals surface area contributed by atoms with Gasteiger partial charge in [-0.05, 0) is 30.7 Å². The fraction of sp³-hybridized carbons (Fsp3) is 0.357. The molecule has 212 valence electrons. The molecule has 0 spiro atoms. The topological polar surface area (TPSA) is 106 Å². The van der Waals surface area contributed by atoms with Gasteiger partial charge in [0.1, 0.15) is 35.1 Å². The van der Waals surface area contributed by atoms with E-state index in [1.54, 1.807) is 12.1 Å². The summed E-state index contributed by atoms with van der Waals surface area (Å²) in [6, 6.07) is 4.84. The lowest BCUT2D eigenvalue weighted by molar-refractivity contribution is -0.140. The van der Waals surface area contributed by atoms with Crippen LogP contribution in [0, 0.1) is 11.6 Å². The first kappa shape index (κ1) is 29.0. The minimum atomic E-state index is -0.956. The lowest BCUT2D eigenvalue weighted by Gasteiger charge is -2.38. The second-order valence-corrected chi connectivity index (χ2v) is 9.63. The van der Waals surface area contributed by atoms with Crippen LogP contribution in [-0.2, 0) is 9.59 Å². The molecular formula is C28H30ClF2N5O4. The smallest absolute Gasteiger partial charge is 0.246 e. The molecule has 2 heterocycles. The van der Waals surface area contributed by atoms with Crippen molar-refractivity contribution >= 4 is 45.8 Å². The number of halogens is 3. The number of rotatable bonds is 10. The Kier molecular flexibility index (Phi) is 9.36. The Morgan fingerprint density at radius 1 is 1.25 bits per heavy atom. The number of anilines is 2. The number of methoxy groups -OCH3 is 1. The highest BCUT2D eigenvalue weighted by Gasteiger charge is 2.36. The highest BCUT2D eigenvalue weighted by molar-refractivity contribution is 6.31. The summed E-state index contributed by atoms with van der Waals surface area (Å²) in [6.07, 6.45) is 4.55. The van der Waals surface area contributed by atoms with Crippen molar-refractivity contribution in [2.24, 2.45) is 0 Å². The van der Waals surface area contributed by atoms with Crippen molar-refractivity contribution in [1.82, 2.24) is 20.2 Å². The maximum atomic E-state index is 14.6. The highest BCUT2D eigenvalue weighted by Crippen LogP contribution is 2.37. The summed E-state index contributed by atoms with van der Waals surface area (Å²) in [5.74, 6) is -1.43. The molecule has 3 aromatic rings. The first-order valence-electron chi connectivity index (χ1n) is 12.9. The summed E-state index contributed by atoms with van der Waals surface area (Å²) in [4.78, 5) is 35.4. The van der Waals surface area contributed by atoms with E-state index in [1.165, 1.54) is 30.5 Å². The zero-order valence-electron chi connectivity index (χ0n) is 22.2. The van der Waals surface area contributed by atoms with E-state index < -0.39 is 28.8 Å². The lowest BCUT2D eigenvalue weighted by atomic mass is 9.98. The molecule has 0 saturated carbocycles. The van der Waals surface area contributed by atoms with Crippen molar-refractivity contribution in [2.75, 3.05) is 25.5 Å². The molecule has 0 radical (unpaired) electrons. The van der Waals surface area contributed by atoms with Crippen LogP contribution in [0.5, 0.6) is 11.5 Å². The third kappa shape index (κ3) is 6.25. The van der Waals surface area contributed by atoms with E-state index in [0.717, 1.165) is 18.9 Å². The highest BCUT2D eigenvalue weighted by atomic mass is 35.5. The summed E-state index contributed by atoms with van der Waals surface area (Å²) in [7, 11) is 1.49. The van der Waals surface area contributed by atoms with Crippen molar-refractivity contribution in [3.63, 3.8) is 0 Å². The summed E-state index contributed by atoms with van der Waals surface area (Å²) in [6.45, 7) is 6.40. The summed E-state index contributed by atoms with van der Waals surface area (Å²) in [5, 5.41) is 5.59. The van der Waals surface area contributed by atoms with Crippen molar-refractivity contribution in [2.45, 2.75) is 44.8 Å². The van der Waals surface area contributed by atoms with Crippen LogP contribution in [0.4, 0.5) is 20.3 Å². The van der Waals surface area contributed by atoms with Gasteiger partial charge < -0.3 is 25.0 Å². The van der Waals surface area contributed by atoms with Crippen LogP contribution >= 0.6 is 11.6 Å². The van der Waals surface area contributed by atoms with E-state index in [4.69, 9.17) is 21.1 Å². The van der Waals surface area contributed by atoms with Gasteiger partial charge in [0.2, 0.25) is 11.8 Å². The normalized spacial score (nSPS) is 16.9. The van der Waals surface area contributed by atoms with Gasteiger partial charge >= 0.3 is 0 Å². The molecule has 1 aliphatic rings. The molecular weight excluding hydrogens is 544 g/mol. The number of ether oxygens (including phenoxy) is 2. The number of unbranched alkanes of at least 4 members (excludes halogenated alkanes) is 1. The fourth-order valence-corrected chi connectivity index (χ4v) is 4.69. The Bertz CT molecular complexity index is 1420. The molecule has 1 aromatic heterocycles. The standard InChI is InChI=1S/C28H30ClF2N5O4/c1-4-6-10-32-28(38)21-12-16(9-11-36(21)24(37)5-2)40-23-13-17-20(14-22(23)39-3)33-15-34-27(17)35-19-8-7-18(30)25(29)26(19)31/h5,7-8,13-16,21H,2,4,6,9-12H2,1,3H3,(H,32,38)(H,33,34,35)/t16-,21-/m1/s1. The molecule has 9 nitrogen and oxygen atoms in total. The van der Waals surface area contributed by atoms with Gasteiger partial charge in [0.15, 0.2) is 17.3 Å². The van der Waals surface area contributed by atoms with Crippen molar-refractivity contribution in [1.29, 1.82) is 0 Å². The number of amides is 2. The maximum absolute atomic E-state index is 14.6. The Hall–Kier alpha value is -3.99. The predicted octanol–water partition coefficient (Wildman–Crippen LogP) is 5.15. The SMILES string of the molecule is C=CC(=O)N1CC[C@@H](Oc2cc3c(Nc4ccc(F)c(Cl)c4F)ncnc3cc2OC)C[C@@H]1C(=O)NCCCC. The Morgan fingerprint density at radius 2 is 2.05 bits per heavy atom. The van der Waals surface area contributed by atoms with Crippen LogP contribution in [0.1, 0.15) is 32.6 Å². The number of carbonyl (C=O) groups excluding carboxylic acids is 2. The Balaban J connectivity index is 1.62. The second kappa shape index (κ2) is 12.9. The van der Waals surface area contributed by atoms with E-state index in [-0.39, 0.29) is 29.7 Å². The van der Waals surface area contributed by atoms with Gasteiger partial charge in [0.25, 0.3) is 0 Å². The number of aromatic nitrogens is 2. The van der Waals surface area contributed by atoms with Crippen LogP contribution < -0.4 is 20.1 Å². The third-order valence-corrected chi connectivity index (χ3v) is 6.99. The van der Waals surface area contributed by atoms with E-state index in [1.807, 2.05) is 6.92 Å². The first-order chi connectivity index (χ1) is 19.3. The number of nitrogens with zero attached hydrogens (tertiary/aromatic N) is 3. The minimum absolute atomic E-state index is 0.0686. The van der Waals surface area contributed by atoms with Gasteiger partial charge in [0, 0.05) is 37.4 Å². The molecule has 1 fully saturated rings. The number of hydrogen-bond acceptors (Lipinski definition) is 7. The summed E-state index contributed by atoms with van der Waals surface area (Å²) < 4.78 is 40.1. The van der Waals surface area contributed by atoms with Crippen LogP contribution in [0.15, 0.2) is 43.2 Å². The zero-order valence-corrected chi connectivity index (χ0v) is 22.9. The number of carbonyl (C=O) groups is 2. The maximum Gasteiger partial charge on any atom is 0.246 e. The van der Waals surface area contributed by atoms with Crippen molar-refractivity contribution in [3.8, 4) is 11.5 Å². The van der Waals surface area contributed by atoms with Crippen molar-refractivity contribution in [3.05, 3.63) is 59.9 Å². The Morgan fingerprint density at radius 3 is 2.77 bits per heavy atom. The van der Waals surface area contributed by atoms with Gasteiger partial charge in [-0.2, -0.15) is 0 Å². The number of hydrogen-bond donors (Lipinski definition) is 2. The largest absolute Gasteiger partial charge is 0.493 e. The molecule has 12 heteroatoms. The van der Waals surface area contributed by atoms with E-state index in [9.17, 15) is 18.4 Å². The van der Waals surface area contributed by atoms with E-state index in [0.29, 0.717) is 41.9 Å². The molecule has 1 saturated heterocycles. The van der Waals surface area contributed by atoms with Gasteiger partial charge in [-0.25, -0.2) is 18.7 Å². The molecule has 0 bridgehead atoms. The monoisotopic (exact) mass is 573 g/mol. The summed E-state index contributed by atoms with van der Waals surface area (Å²) >= 11 is 5.73. The molecule has 1 aliphatic heterocycles. The van der Waals surface area contributed by atoms with Crippen molar-refractivity contribution < 1.29 is 27.8 Å².